The van der Waals surface area contributed by atoms with Crippen LogP contribution in [-0.2, 0) is 9.59 Å². The number of carbonyl (C=O) groups is 3. The summed E-state index contributed by atoms with van der Waals surface area (Å²) in [4.78, 5) is 39.4. The van der Waals surface area contributed by atoms with Crippen LogP contribution in [0.2, 0.25) is 5.02 Å². The van der Waals surface area contributed by atoms with Gasteiger partial charge in [0.2, 0.25) is 0 Å². The van der Waals surface area contributed by atoms with Gasteiger partial charge in [0.05, 0.1) is 10.2 Å². The Morgan fingerprint density at radius 1 is 1.06 bits per heavy atom. The number of benzene rings is 2. The highest BCUT2D eigenvalue weighted by atomic mass is 79.9. The molecule has 0 aliphatic carbocycles. The summed E-state index contributed by atoms with van der Waals surface area (Å²) in [6.07, 6.45) is 1.32. The number of barbiturate groups is 1. The second-order valence-electron chi connectivity index (χ2n) is 6.63. The molecule has 0 bridgehead atoms. The number of nitrogens with one attached hydrogen (secondary N) is 1. The number of aryl methyl sites for hydroxylation is 1. The van der Waals surface area contributed by atoms with Crippen LogP contribution in [-0.4, -0.2) is 17.8 Å². The standard InChI is InChI=1S/C22H14BrClN2O4S/c1-12-2-6-14(7-3-12)26-20(28)17(19(27)25-22(26)29)10-15-11-18(23)21(30-15)31-16-8-4-13(24)5-9-16/h2-11H,1H3,(H,25,27,29)/b17-10-. The van der Waals surface area contributed by atoms with Gasteiger partial charge in [-0.3, -0.25) is 14.9 Å². The second kappa shape index (κ2) is 8.74. The predicted molar refractivity (Wildman–Crippen MR) is 122 cm³/mol. The normalized spacial score (nSPS) is 15.5. The van der Waals surface area contributed by atoms with Crippen molar-refractivity contribution in [2.45, 2.75) is 16.9 Å². The van der Waals surface area contributed by atoms with E-state index in [1.807, 2.05) is 19.1 Å². The summed E-state index contributed by atoms with van der Waals surface area (Å²) in [5, 5.41) is 3.37. The number of hydrogen-bond donors (Lipinski definition) is 1. The molecular formula is C22H14BrClN2O4S. The number of furan rings is 1. The smallest absolute Gasteiger partial charge is 0.335 e. The number of amides is 4. The molecule has 31 heavy (non-hydrogen) atoms. The molecule has 1 fully saturated rings. The minimum Gasteiger partial charge on any atom is -0.449 e. The van der Waals surface area contributed by atoms with Gasteiger partial charge in [0.25, 0.3) is 11.8 Å². The van der Waals surface area contributed by atoms with Gasteiger partial charge in [0.15, 0.2) is 5.09 Å². The van der Waals surface area contributed by atoms with Gasteiger partial charge >= 0.3 is 6.03 Å². The Morgan fingerprint density at radius 2 is 1.74 bits per heavy atom. The van der Waals surface area contributed by atoms with E-state index in [2.05, 4.69) is 21.2 Å². The maximum atomic E-state index is 13.0. The second-order valence-corrected chi connectivity index (χ2v) is 8.97. The lowest BCUT2D eigenvalue weighted by atomic mass is 10.1. The maximum absolute atomic E-state index is 13.0. The lowest BCUT2D eigenvalue weighted by Gasteiger charge is -2.26. The van der Waals surface area contributed by atoms with Gasteiger partial charge in [-0.15, -0.1) is 0 Å². The van der Waals surface area contributed by atoms with Crippen molar-refractivity contribution >= 4 is 68.9 Å². The van der Waals surface area contributed by atoms with Gasteiger partial charge in [-0.2, -0.15) is 0 Å². The van der Waals surface area contributed by atoms with Gasteiger partial charge in [-0.25, -0.2) is 9.69 Å². The molecule has 1 aliphatic rings. The Hall–Kier alpha value is -2.81. The van der Waals surface area contributed by atoms with E-state index >= 15 is 0 Å². The molecule has 0 unspecified atom stereocenters. The first-order chi connectivity index (χ1) is 14.8. The van der Waals surface area contributed by atoms with Gasteiger partial charge in [0.1, 0.15) is 11.3 Å². The number of halogens is 2. The van der Waals surface area contributed by atoms with Crippen LogP contribution in [0.1, 0.15) is 11.3 Å². The van der Waals surface area contributed by atoms with Gasteiger partial charge in [-0.1, -0.05) is 41.1 Å². The Balaban J connectivity index is 1.63. The van der Waals surface area contributed by atoms with Crippen LogP contribution in [0.25, 0.3) is 6.08 Å². The van der Waals surface area contributed by atoms with Gasteiger partial charge in [0, 0.05) is 9.92 Å². The highest BCUT2D eigenvalue weighted by molar-refractivity contribution is 9.10. The molecule has 3 aromatic rings. The lowest BCUT2D eigenvalue weighted by molar-refractivity contribution is -0.122. The molecule has 9 heteroatoms. The number of hydrogen-bond acceptors (Lipinski definition) is 5. The molecule has 1 aromatic heterocycles. The molecule has 1 saturated heterocycles. The molecule has 0 spiro atoms. The van der Waals surface area contributed by atoms with Crippen molar-refractivity contribution in [3.63, 3.8) is 0 Å². The average molecular weight is 518 g/mol. The van der Waals surface area contributed by atoms with E-state index in [0.717, 1.165) is 15.4 Å². The van der Waals surface area contributed by atoms with Crippen LogP contribution in [0, 0.1) is 6.92 Å². The van der Waals surface area contributed by atoms with Gasteiger partial charge in [-0.05, 0) is 71.4 Å². The topological polar surface area (TPSA) is 79.6 Å². The Kier molecular flexibility index (Phi) is 6.04. The molecule has 0 saturated carbocycles. The molecule has 156 valence electrons. The summed E-state index contributed by atoms with van der Waals surface area (Å²) >= 11 is 10.7. The summed E-state index contributed by atoms with van der Waals surface area (Å²) < 4.78 is 6.46. The fourth-order valence-corrected chi connectivity index (χ4v) is 4.30. The Morgan fingerprint density at radius 3 is 2.42 bits per heavy atom. The van der Waals surface area contributed by atoms with Crippen molar-refractivity contribution in [2.24, 2.45) is 0 Å². The first kappa shape index (κ1) is 21.4. The van der Waals surface area contributed by atoms with Crippen molar-refractivity contribution in [3.8, 4) is 0 Å². The predicted octanol–water partition coefficient (Wildman–Crippen LogP) is 5.82. The highest BCUT2D eigenvalue weighted by Crippen LogP contribution is 2.37. The maximum Gasteiger partial charge on any atom is 0.335 e. The van der Waals surface area contributed by atoms with Crippen LogP contribution in [0.4, 0.5) is 10.5 Å². The molecule has 0 radical (unpaired) electrons. The average Bonchev–Trinajstić information content (AvgIpc) is 3.07. The van der Waals surface area contributed by atoms with E-state index in [9.17, 15) is 14.4 Å². The number of urea groups is 1. The highest BCUT2D eigenvalue weighted by Gasteiger charge is 2.37. The zero-order valence-electron chi connectivity index (χ0n) is 16.0. The molecule has 1 N–H and O–H groups in total. The van der Waals surface area contributed by atoms with Crippen LogP contribution >= 0.6 is 39.3 Å². The van der Waals surface area contributed by atoms with E-state index in [1.165, 1.54) is 17.8 Å². The third-order valence-corrected chi connectivity index (χ3v) is 6.48. The van der Waals surface area contributed by atoms with E-state index in [1.54, 1.807) is 42.5 Å². The zero-order valence-corrected chi connectivity index (χ0v) is 19.2. The van der Waals surface area contributed by atoms with Crippen LogP contribution < -0.4 is 10.2 Å². The van der Waals surface area contributed by atoms with Crippen molar-refractivity contribution in [1.29, 1.82) is 0 Å². The fraction of sp³-hybridized carbons (Fsp3) is 0.0455. The lowest BCUT2D eigenvalue weighted by Crippen LogP contribution is -2.54. The summed E-state index contributed by atoms with van der Waals surface area (Å²) in [6, 6.07) is 14.9. The van der Waals surface area contributed by atoms with Crippen molar-refractivity contribution < 1.29 is 18.8 Å². The SMILES string of the molecule is Cc1ccc(N2C(=O)NC(=O)/C(=C/c3cc(Br)c(Sc4ccc(Cl)cc4)o3)C2=O)cc1. The first-order valence-corrected chi connectivity index (χ1v) is 11.0. The number of carbonyl (C=O) groups excluding carboxylic acids is 3. The van der Waals surface area contributed by atoms with Gasteiger partial charge < -0.3 is 4.42 Å². The minimum atomic E-state index is -0.796. The molecule has 0 atom stereocenters. The Labute approximate surface area is 195 Å². The molecule has 1 aliphatic heterocycles. The third kappa shape index (κ3) is 4.61. The van der Waals surface area contributed by atoms with Crippen molar-refractivity contribution in [1.82, 2.24) is 5.32 Å². The minimum absolute atomic E-state index is 0.204. The summed E-state index contributed by atoms with van der Waals surface area (Å²) in [6.45, 7) is 1.89. The largest absolute Gasteiger partial charge is 0.449 e. The number of imide groups is 2. The molecule has 4 amide bonds. The van der Waals surface area contributed by atoms with Crippen molar-refractivity contribution in [2.75, 3.05) is 4.90 Å². The van der Waals surface area contributed by atoms with E-state index in [4.69, 9.17) is 16.0 Å². The summed E-state index contributed by atoms with van der Waals surface area (Å²) in [5.41, 5.74) is 1.14. The molecular weight excluding hydrogens is 504 g/mol. The monoisotopic (exact) mass is 516 g/mol. The zero-order chi connectivity index (χ0) is 22.1. The third-order valence-electron chi connectivity index (χ3n) is 4.38. The first-order valence-electron chi connectivity index (χ1n) is 9.03. The number of nitrogens with zero attached hydrogens (tertiary/aromatic N) is 1. The van der Waals surface area contributed by atoms with E-state index in [-0.39, 0.29) is 5.57 Å². The summed E-state index contributed by atoms with van der Waals surface area (Å²) in [5.74, 6) is -1.21. The summed E-state index contributed by atoms with van der Waals surface area (Å²) in [7, 11) is 0. The molecule has 6 nitrogen and oxygen atoms in total. The molecule has 4 rings (SSSR count). The fourth-order valence-electron chi connectivity index (χ4n) is 2.85. The number of rotatable bonds is 4. The van der Waals surface area contributed by atoms with Crippen LogP contribution in [0.5, 0.6) is 0 Å². The van der Waals surface area contributed by atoms with E-state index < -0.39 is 17.8 Å². The molecule has 2 heterocycles. The Bertz CT molecular complexity index is 1220. The van der Waals surface area contributed by atoms with Crippen LogP contribution in [0.3, 0.4) is 0 Å². The van der Waals surface area contributed by atoms with E-state index in [0.29, 0.717) is 26.0 Å². The number of anilines is 1. The molecule has 2 aromatic carbocycles. The van der Waals surface area contributed by atoms with Crippen LogP contribution in [0.15, 0.2) is 79.0 Å². The van der Waals surface area contributed by atoms with Crippen molar-refractivity contribution in [3.05, 3.63) is 81.0 Å². The quantitative estimate of drug-likeness (QED) is 0.348.